The fraction of sp³-hybridized carbons (Fsp3) is 0.381. The van der Waals surface area contributed by atoms with Crippen LogP contribution in [0.2, 0.25) is 0 Å². The second-order valence-corrected chi connectivity index (χ2v) is 6.63. The molecular weight excluding hydrogens is 344 g/mol. The smallest absolute Gasteiger partial charge is 0.271 e. The highest BCUT2D eigenvalue weighted by atomic mass is 16.5. The summed E-state index contributed by atoms with van der Waals surface area (Å²) in [7, 11) is 0. The number of aromatic nitrogens is 1. The van der Waals surface area contributed by atoms with Crippen molar-refractivity contribution in [1.29, 1.82) is 5.26 Å². The third kappa shape index (κ3) is 4.03. The normalized spacial score (nSPS) is 10.7. The van der Waals surface area contributed by atoms with Gasteiger partial charge < -0.3 is 9.84 Å². The Hall–Kier alpha value is -3.07. The predicted molar refractivity (Wildman–Crippen MR) is 102 cm³/mol. The first kappa shape index (κ1) is 20.2. The van der Waals surface area contributed by atoms with Crippen LogP contribution in [0.15, 0.2) is 29.1 Å². The van der Waals surface area contributed by atoms with E-state index in [9.17, 15) is 20.0 Å². The van der Waals surface area contributed by atoms with E-state index in [1.165, 1.54) is 6.92 Å². The lowest BCUT2D eigenvalue weighted by Gasteiger charge is -2.18. The molecule has 0 radical (unpaired) electrons. The van der Waals surface area contributed by atoms with Gasteiger partial charge >= 0.3 is 0 Å². The first-order chi connectivity index (χ1) is 12.8. The zero-order chi connectivity index (χ0) is 20.1. The molecule has 0 aliphatic rings. The minimum Gasteiger partial charge on any atom is -0.494 e. The lowest BCUT2D eigenvalue weighted by Crippen LogP contribution is -2.28. The summed E-state index contributed by atoms with van der Waals surface area (Å²) < 4.78 is 6.66. The van der Waals surface area contributed by atoms with Crippen molar-refractivity contribution in [1.82, 2.24) is 4.57 Å². The van der Waals surface area contributed by atoms with Crippen LogP contribution in [-0.4, -0.2) is 22.1 Å². The van der Waals surface area contributed by atoms with Crippen molar-refractivity contribution < 1.29 is 14.6 Å². The van der Waals surface area contributed by atoms with Gasteiger partial charge in [-0.25, -0.2) is 0 Å². The number of rotatable bonds is 7. The van der Waals surface area contributed by atoms with Crippen LogP contribution >= 0.6 is 0 Å². The molecule has 6 nitrogen and oxygen atoms in total. The average Bonchev–Trinajstić information content (AvgIpc) is 2.62. The van der Waals surface area contributed by atoms with Gasteiger partial charge in [0.05, 0.1) is 12.2 Å². The van der Waals surface area contributed by atoms with Gasteiger partial charge in [-0.3, -0.25) is 14.2 Å². The number of benzene rings is 1. The number of ketones is 1. The van der Waals surface area contributed by atoms with Crippen LogP contribution in [0.25, 0.3) is 0 Å². The highest BCUT2D eigenvalue weighted by Crippen LogP contribution is 2.27. The molecule has 0 fully saturated rings. The molecule has 1 heterocycles. The lowest BCUT2D eigenvalue weighted by atomic mass is 9.97. The van der Waals surface area contributed by atoms with Crippen LogP contribution < -0.4 is 10.3 Å². The van der Waals surface area contributed by atoms with Gasteiger partial charge in [-0.15, -0.1) is 0 Å². The monoisotopic (exact) mass is 368 g/mol. The van der Waals surface area contributed by atoms with Crippen molar-refractivity contribution in [3.8, 4) is 17.7 Å². The summed E-state index contributed by atoms with van der Waals surface area (Å²) in [6, 6.07) is 8.06. The molecule has 0 atom stereocenters. The molecule has 2 rings (SSSR count). The van der Waals surface area contributed by atoms with Gasteiger partial charge in [0, 0.05) is 11.6 Å². The number of hydrogen-bond acceptors (Lipinski definition) is 5. The molecule has 1 aromatic carbocycles. The van der Waals surface area contributed by atoms with Gasteiger partial charge in [0.25, 0.3) is 5.56 Å². The number of pyridine rings is 1. The molecule has 1 aromatic heterocycles. The maximum absolute atomic E-state index is 13.0. The minimum absolute atomic E-state index is 0.0282. The van der Waals surface area contributed by atoms with E-state index in [1.54, 1.807) is 38.1 Å². The number of carbonyl (C=O) groups is 1. The van der Waals surface area contributed by atoms with Crippen molar-refractivity contribution in [2.24, 2.45) is 0 Å². The van der Waals surface area contributed by atoms with E-state index in [0.717, 1.165) is 17.4 Å². The van der Waals surface area contributed by atoms with Gasteiger partial charge in [0.15, 0.2) is 5.78 Å². The molecule has 0 saturated heterocycles. The van der Waals surface area contributed by atoms with Crippen LogP contribution in [0.4, 0.5) is 0 Å². The summed E-state index contributed by atoms with van der Waals surface area (Å²) >= 11 is 0. The molecule has 27 heavy (non-hydrogen) atoms. The van der Waals surface area contributed by atoms with Crippen LogP contribution in [0.3, 0.4) is 0 Å². The molecule has 0 spiro atoms. The Morgan fingerprint density at radius 3 is 2.44 bits per heavy atom. The molecular formula is C21H24N2O4. The van der Waals surface area contributed by atoms with Crippen molar-refractivity contribution in [3.63, 3.8) is 0 Å². The van der Waals surface area contributed by atoms with Gasteiger partial charge in [-0.1, -0.05) is 13.3 Å². The highest BCUT2D eigenvalue weighted by Gasteiger charge is 2.25. The van der Waals surface area contributed by atoms with E-state index < -0.39 is 23.3 Å². The SMILES string of the molecule is CCCCOc1ccc(C(=O)c2c(C)c(C#N)c(=O)n(C(C)C)c2O)cc1. The Morgan fingerprint density at radius 2 is 1.93 bits per heavy atom. The van der Waals surface area contributed by atoms with Gasteiger partial charge in [0.2, 0.25) is 5.88 Å². The molecule has 6 heteroatoms. The van der Waals surface area contributed by atoms with Crippen molar-refractivity contribution in [3.05, 3.63) is 56.9 Å². The largest absolute Gasteiger partial charge is 0.494 e. The third-order valence-corrected chi connectivity index (χ3v) is 4.37. The highest BCUT2D eigenvalue weighted by molar-refractivity contribution is 6.11. The Balaban J connectivity index is 2.49. The maximum Gasteiger partial charge on any atom is 0.271 e. The fourth-order valence-corrected chi connectivity index (χ4v) is 2.85. The molecule has 1 N–H and O–H groups in total. The topological polar surface area (TPSA) is 92.3 Å². The van der Waals surface area contributed by atoms with Crippen molar-refractivity contribution in [2.45, 2.75) is 46.6 Å². The number of nitriles is 1. The van der Waals surface area contributed by atoms with Gasteiger partial charge in [-0.2, -0.15) is 5.26 Å². The number of carbonyl (C=O) groups excluding carboxylic acids is 1. The first-order valence-electron chi connectivity index (χ1n) is 8.99. The number of ether oxygens (including phenoxy) is 1. The molecule has 2 aromatic rings. The lowest BCUT2D eigenvalue weighted by molar-refractivity contribution is 0.103. The Kier molecular flexibility index (Phi) is 6.40. The zero-order valence-electron chi connectivity index (χ0n) is 16.1. The van der Waals surface area contributed by atoms with E-state index >= 15 is 0 Å². The molecule has 0 amide bonds. The van der Waals surface area contributed by atoms with E-state index in [2.05, 4.69) is 6.92 Å². The number of unbranched alkanes of at least 4 members (excludes halogenated alkanes) is 1. The zero-order valence-corrected chi connectivity index (χ0v) is 16.1. The Labute approximate surface area is 158 Å². The fourth-order valence-electron chi connectivity index (χ4n) is 2.85. The van der Waals surface area contributed by atoms with E-state index in [4.69, 9.17) is 4.74 Å². The maximum atomic E-state index is 13.0. The third-order valence-electron chi connectivity index (χ3n) is 4.37. The summed E-state index contributed by atoms with van der Waals surface area (Å²) in [5.74, 6) is -0.207. The predicted octanol–water partition coefficient (Wildman–Crippen LogP) is 3.72. The summed E-state index contributed by atoms with van der Waals surface area (Å²) in [6.45, 7) is 7.59. The van der Waals surface area contributed by atoms with Crippen LogP contribution in [0, 0.1) is 18.3 Å². The summed E-state index contributed by atoms with van der Waals surface area (Å²) in [5, 5.41) is 19.9. The van der Waals surface area contributed by atoms with E-state index in [1.807, 2.05) is 6.07 Å². The summed E-state index contributed by atoms with van der Waals surface area (Å²) in [5.41, 5.74) is -0.234. The molecule has 0 saturated carbocycles. The molecule has 0 aliphatic carbocycles. The van der Waals surface area contributed by atoms with E-state index in [0.29, 0.717) is 17.9 Å². The van der Waals surface area contributed by atoms with Gasteiger partial charge in [0.1, 0.15) is 17.4 Å². The van der Waals surface area contributed by atoms with Gasteiger partial charge in [-0.05, 0) is 57.0 Å². The summed E-state index contributed by atoms with van der Waals surface area (Å²) in [4.78, 5) is 25.4. The number of hydrogen-bond donors (Lipinski definition) is 1. The van der Waals surface area contributed by atoms with Crippen molar-refractivity contribution >= 4 is 5.78 Å². The Morgan fingerprint density at radius 1 is 1.30 bits per heavy atom. The van der Waals surface area contributed by atoms with Crippen LogP contribution in [0.5, 0.6) is 11.6 Å². The van der Waals surface area contributed by atoms with E-state index in [-0.39, 0.29) is 16.7 Å². The van der Waals surface area contributed by atoms with Crippen molar-refractivity contribution in [2.75, 3.05) is 6.61 Å². The second-order valence-electron chi connectivity index (χ2n) is 6.63. The molecule has 0 aliphatic heterocycles. The minimum atomic E-state index is -0.598. The van der Waals surface area contributed by atoms with Crippen LogP contribution in [-0.2, 0) is 0 Å². The first-order valence-corrected chi connectivity index (χ1v) is 8.99. The quantitative estimate of drug-likeness (QED) is 0.594. The second kappa shape index (κ2) is 8.54. The average molecular weight is 368 g/mol. The number of nitrogens with zero attached hydrogens (tertiary/aromatic N) is 2. The number of aromatic hydroxyl groups is 1. The molecule has 0 unspecified atom stereocenters. The summed E-state index contributed by atoms with van der Waals surface area (Å²) in [6.07, 6.45) is 1.98. The molecule has 0 bridgehead atoms. The molecule has 142 valence electrons. The Bertz CT molecular complexity index is 935. The standard InChI is InChI=1S/C21H24N2O4/c1-5-6-11-27-16-9-7-15(8-10-16)19(24)18-14(4)17(12-22)20(25)23(13(2)3)21(18)26/h7-10,13,26H,5-6,11H2,1-4H3. The van der Waals surface area contributed by atoms with Crippen LogP contribution in [0.1, 0.15) is 66.7 Å².